The lowest BCUT2D eigenvalue weighted by atomic mass is 10.0. The van der Waals surface area contributed by atoms with E-state index in [4.69, 9.17) is 4.99 Å². The molecule has 1 heterocycles. The zero-order valence-corrected chi connectivity index (χ0v) is 15.4. The molecule has 0 aromatic heterocycles. The lowest BCUT2D eigenvalue weighted by Crippen LogP contribution is -2.48. The summed E-state index contributed by atoms with van der Waals surface area (Å²) < 4.78 is 0. The number of aliphatic hydroxyl groups is 1. The monoisotopic (exact) mass is 344 g/mol. The van der Waals surface area contributed by atoms with Crippen molar-refractivity contribution in [3.8, 4) is 0 Å². The third kappa shape index (κ3) is 5.44. The highest BCUT2D eigenvalue weighted by molar-refractivity contribution is 5.80. The maximum Gasteiger partial charge on any atom is 0.191 e. The van der Waals surface area contributed by atoms with Crippen molar-refractivity contribution in [3.05, 3.63) is 35.9 Å². The quantitative estimate of drug-likeness (QED) is 0.523. The van der Waals surface area contributed by atoms with Gasteiger partial charge in [-0.2, -0.15) is 0 Å². The van der Waals surface area contributed by atoms with E-state index in [-0.39, 0.29) is 12.0 Å². The molecule has 2 fully saturated rings. The molecular formula is C20H32N4O. The van der Waals surface area contributed by atoms with E-state index in [2.05, 4.69) is 52.8 Å². The van der Waals surface area contributed by atoms with Crippen molar-refractivity contribution >= 4 is 5.96 Å². The van der Waals surface area contributed by atoms with E-state index >= 15 is 0 Å². The van der Waals surface area contributed by atoms with Gasteiger partial charge in [0.1, 0.15) is 0 Å². The molecule has 5 nitrogen and oxygen atoms in total. The van der Waals surface area contributed by atoms with Crippen LogP contribution >= 0.6 is 0 Å². The van der Waals surface area contributed by atoms with Gasteiger partial charge in [-0.25, -0.2) is 0 Å². The molecule has 0 amide bonds. The fourth-order valence-corrected chi connectivity index (χ4v) is 3.38. The van der Waals surface area contributed by atoms with Gasteiger partial charge >= 0.3 is 0 Å². The Hall–Kier alpha value is -1.59. The predicted octanol–water partition coefficient (Wildman–Crippen LogP) is 1.98. The normalized spacial score (nSPS) is 21.1. The molecule has 1 saturated heterocycles. The average molecular weight is 345 g/mol. The third-order valence-electron chi connectivity index (χ3n) is 5.39. The molecule has 3 N–H and O–H groups in total. The molecule has 0 atom stereocenters. The molecule has 25 heavy (non-hydrogen) atoms. The smallest absolute Gasteiger partial charge is 0.191 e. The topological polar surface area (TPSA) is 59.9 Å². The van der Waals surface area contributed by atoms with Gasteiger partial charge in [0.2, 0.25) is 0 Å². The summed E-state index contributed by atoms with van der Waals surface area (Å²) in [5, 5.41) is 16.4. The second-order valence-corrected chi connectivity index (χ2v) is 7.53. The van der Waals surface area contributed by atoms with Crippen LogP contribution in [-0.2, 0) is 6.54 Å². The van der Waals surface area contributed by atoms with E-state index in [0.29, 0.717) is 6.04 Å². The fourth-order valence-electron chi connectivity index (χ4n) is 3.38. The summed E-state index contributed by atoms with van der Waals surface area (Å²) >= 11 is 0. The molecule has 2 aliphatic rings. The molecule has 138 valence electrons. The number of aliphatic imine (C=N–C) groups is 1. The lowest BCUT2D eigenvalue weighted by Gasteiger charge is -2.33. The number of nitrogens with one attached hydrogen (secondary N) is 2. The van der Waals surface area contributed by atoms with Crippen LogP contribution in [0.3, 0.4) is 0 Å². The van der Waals surface area contributed by atoms with Crippen LogP contribution in [0.4, 0.5) is 0 Å². The third-order valence-corrected chi connectivity index (χ3v) is 5.39. The Bertz CT molecular complexity index is 548. The van der Waals surface area contributed by atoms with Gasteiger partial charge in [0.15, 0.2) is 5.96 Å². The summed E-state index contributed by atoms with van der Waals surface area (Å²) in [6, 6.07) is 11.2. The van der Waals surface area contributed by atoms with Gasteiger partial charge in [0.05, 0.1) is 13.2 Å². The molecule has 0 unspecified atom stereocenters. The number of guanidine groups is 1. The Kier molecular flexibility index (Phi) is 6.32. The number of hydrogen-bond acceptors (Lipinski definition) is 3. The number of nitrogens with zero attached hydrogens (tertiary/aromatic N) is 2. The van der Waals surface area contributed by atoms with Crippen molar-refractivity contribution in [1.29, 1.82) is 0 Å². The largest absolute Gasteiger partial charge is 0.396 e. The van der Waals surface area contributed by atoms with E-state index < -0.39 is 0 Å². The summed E-state index contributed by atoms with van der Waals surface area (Å²) in [6.45, 7) is 7.22. The standard InChI is InChI=1S/C20H32N4O/c1-2-21-19(22-15-20(16-25)10-11-20)23-18-8-12-24(13-9-18)14-17-6-4-3-5-7-17/h3-7,18,25H,2,8-16H2,1H3,(H2,21,22,23). The van der Waals surface area contributed by atoms with Gasteiger partial charge in [-0.3, -0.25) is 9.89 Å². The van der Waals surface area contributed by atoms with Gasteiger partial charge < -0.3 is 15.7 Å². The Morgan fingerprint density at radius 3 is 2.56 bits per heavy atom. The second kappa shape index (κ2) is 8.68. The molecule has 3 rings (SSSR count). The highest BCUT2D eigenvalue weighted by Crippen LogP contribution is 2.45. The van der Waals surface area contributed by atoms with E-state index in [1.165, 1.54) is 5.56 Å². The Morgan fingerprint density at radius 1 is 1.24 bits per heavy atom. The minimum absolute atomic E-state index is 0.0708. The summed E-state index contributed by atoms with van der Waals surface area (Å²) in [6.07, 6.45) is 4.49. The molecule has 0 radical (unpaired) electrons. The molecule has 5 heteroatoms. The summed E-state index contributed by atoms with van der Waals surface area (Å²) in [7, 11) is 0. The van der Waals surface area contributed by atoms with Gasteiger partial charge in [-0.1, -0.05) is 30.3 Å². The van der Waals surface area contributed by atoms with E-state index in [1.54, 1.807) is 0 Å². The SMILES string of the molecule is CCNC(=NCC1(CO)CC1)NC1CCN(Cc2ccccc2)CC1. The van der Waals surface area contributed by atoms with Crippen LogP contribution in [0.25, 0.3) is 0 Å². The minimum atomic E-state index is 0.0708. The van der Waals surface area contributed by atoms with Crippen molar-refractivity contribution < 1.29 is 5.11 Å². The van der Waals surface area contributed by atoms with Crippen molar-refractivity contribution in [2.24, 2.45) is 10.4 Å². The molecule has 0 spiro atoms. The van der Waals surface area contributed by atoms with Crippen molar-refractivity contribution in [2.75, 3.05) is 32.8 Å². The van der Waals surface area contributed by atoms with E-state index in [9.17, 15) is 5.11 Å². The van der Waals surface area contributed by atoms with Crippen molar-refractivity contribution in [3.63, 3.8) is 0 Å². The first-order chi connectivity index (χ1) is 12.2. The number of hydrogen-bond donors (Lipinski definition) is 3. The zero-order valence-electron chi connectivity index (χ0n) is 15.4. The summed E-state index contributed by atoms with van der Waals surface area (Å²) in [5.41, 5.74) is 1.46. The van der Waals surface area contributed by atoms with Gasteiger partial charge in [0.25, 0.3) is 0 Å². The molecular weight excluding hydrogens is 312 g/mol. The Labute approximate surface area is 151 Å². The lowest BCUT2D eigenvalue weighted by molar-refractivity contribution is 0.198. The zero-order chi connectivity index (χ0) is 17.5. The van der Waals surface area contributed by atoms with E-state index in [0.717, 1.165) is 64.4 Å². The number of rotatable bonds is 7. The van der Waals surface area contributed by atoms with Crippen LogP contribution in [0, 0.1) is 5.41 Å². The van der Waals surface area contributed by atoms with Gasteiger partial charge in [-0.15, -0.1) is 0 Å². The number of benzene rings is 1. The fraction of sp³-hybridized carbons (Fsp3) is 0.650. The number of likely N-dealkylation sites (tertiary alicyclic amines) is 1. The predicted molar refractivity (Wildman–Crippen MR) is 103 cm³/mol. The van der Waals surface area contributed by atoms with Crippen LogP contribution in [0.1, 0.15) is 38.2 Å². The van der Waals surface area contributed by atoms with E-state index in [1.807, 2.05) is 0 Å². The van der Waals surface area contributed by atoms with Crippen LogP contribution in [-0.4, -0.2) is 54.8 Å². The van der Waals surface area contributed by atoms with Crippen LogP contribution in [0.5, 0.6) is 0 Å². The molecule has 1 aliphatic heterocycles. The van der Waals surface area contributed by atoms with Crippen LogP contribution in [0.15, 0.2) is 35.3 Å². The average Bonchev–Trinajstić information content (AvgIpc) is 3.43. The van der Waals surface area contributed by atoms with Crippen molar-refractivity contribution in [2.45, 2.75) is 45.2 Å². The molecule has 1 aliphatic carbocycles. The van der Waals surface area contributed by atoms with Gasteiger partial charge in [0, 0.05) is 37.6 Å². The van der Waals surface area contributed by atoms with Crippen LogP contribution < -0.4 is 10.6 Å². The van der Waals surface area contributed by atoms with Crippen molar-refractivity contribution in [1.82, 2.24) is 15.5 Å². The molecule has 1 aromatic rings. The minimum Gasteiger partial charge on any atom is -0.396 e. The second-order valence-electron chi connectivity index (χ2n) is 7.53. The maximum absolute atomic E-state index is 9.46. The highest BCUT2D eigenvalue weighted by Gasteiger charge is 2.41. The number of aliphatic hydroxyl groups excluding tert-OH is 1. The first kappa shape index (κ1) is 18.2. The first-order valence-electron chi connectivity index (χ1n) is 9.65. The first-order valence-corrected chi connectivity index (χ1v) is 9.65. The highest BCUT2D eigenvalue weighted by atomic mass is 16.3. The van der Waals surface area contributed by atoms with Gasteiger partial charge in [-0.05, 0) is 38.2 Å². The Balaban J connectivity index is 1.45. The molecule has 1 aromatic carbocycles. The molecule has 1 saturated carbocycles. The molecule has 0 bridgehead atoms. The van der Waals surface area contributed by atoms with Crippen LogP contribution in [0.2, 0.25) is 0 Å². The Morgan fingerprint density at radius 2 is 1.96 bits per heavy atom. The summed E-state index contributed by atoms with van der Waals surface area (Å²) in [4.78, 5) is 7.25. The maximum atomic E-state index is 9.46. The summed E-state index contributed by atoms with van der Waals surface area (Å²) in [5.74, 6) is 0.906. The number of piperidine rings is 1.